The monoisotopic (exact) mass is 299 g/mol. The Bertz CT molecular complexity index is 398. The van der Waals surface area contributed by atoms with E-state index in [0.717, 1.165) is 0 Å². The second kappa shape index (κ2) is 7.85. The lowest BCUT2D eigenvalue weighted by Crippen LogP contribution is -2.59. The molecule has 0 aromatic carbocycles. The first-order chi connectivity index (χ1) is 9.86. The molecule has 21 heavy (non-hydrogen) atoms. The van der Waals surface area contributed by atoms with E-state index in [1.807, 2.05) is 20.8 Å². The molecule has 3 N–H and O–H groups in total. The Balaban J connectivity index is 2.58. The van der Waals surface area contributed by atoms with Crippen molar-refractivity contribution >= 4 is 17.9 Å². The summed E-state index contributed by atoms with van der Waals surface area (Å²) in [4.78, 5) is 36.5. The second-order valence-corrected chi connectivity index (χ2v) is 5.76. The third-order valence-corrected chi connectivity index (χ3v) is 3.58. The van der Waals surface area contributed by atoms with Crippen LogP contribution in [0.5, 0.6) is 0 Å². The van der Waals surface area contributed by atoms with Gasteiger partial charge >= 0.3 is 12.0 Å². The number of amides is 3. The molecule has 1 heterocycles. The minimum absolute atomic E-state index is 0.0842. The number of urea groups is 1. The fraction of sp³-hybridized carbons (Fsp3) is 0.786. The molecular weight excluding hydrogens is 274 g/mol. The highest BCUT2D eigenvalue weighted by Crippen LogP contribution is 2.12. The van der Waals surface area contributed by atoms with Gasteiger partial charge in [0, 0.05) is 19.6 Å². The first kappa shape index (κ1) is 17.3. The molecule has 7 nitrogen and oxygen atoms in total. The predicted molar refractivity (Wildman–Crippen MR) is 77.8 cm³/mol. The summed E-state index contributed by atoms with van der Waals surface area (Å²) in [6.07, 6.45) is 1.04. The van der Waals surface area contributed by atoms with Crippen molar-refractivity contribution in [1.29, 1.82) is 0 Å². The summed E-state index contributed by atoms with van der Waals surface area (Å²) >= 11 is 0. The molecule has 1 aliphatic heterocycles. The zero-order chi connectivity index (χ0) is 16.0. The van der Waals surface area contributed by atoms with E-state index in [9.17, 15) is 14.4 Å². The Kier molecular flexibility index (Phi) is 6.45. The van der Waals surface area contributed by atoms with E-state index < -0.39 is 17.9 Å². The summed E-state index contributed by atoms with van der Waals surface area (Å²) in [5, 5.41) is 14.5. The Morgan fingerprint density at radius 3 is 2.67 bits per heavy atom. The molecule has 2 unspecified atom stereocenters. The van der Waals surface area contributed by atoms with Crippen molar-refractivity contribution in [2.45, 2.75) is 39.7 Å². The Hall–Kier alpha value is -1.79. The van der Waals surface area contributed by atoms with Gasteiger partial charge in [-0.15, -0.1) is 0 Å². The van der Waals surface area contributed by atoms with Crippen molar-refractivity contribution in [3.63, 3.8) is 0 Å². The van der Waals surface area contributed by atoms with Gasteiger partial charge in [0.05, 0.1) is 5.92 Å². The maximum absolute atomic E-state index is 12.2. The van der Waals surface area contributed by atoms with Crippen molar-refractivity contribution in [3.8, 4) is 0 Å². The highest BCUT2D eigenvalue weighted by atomic mass is 16.4. The van der Waals surface area contributed by atoms with Crippen LogP contribution in [-0.4, -0.2) is 53.6 Å². The normalized spacial score (nSPS) is 20.1. The van der Waals surface area contributed by atoms with Gasteiger partial charge in [0.25, 0.3) is 0 Å². The Morgan fingerprint density at radius 2 is 2.14 bits per heavy atom. The lowest BCUT2D eigenvalue weighted by Gasteiger charge is -2.34. The number of hydrogen-bond donors (Lipinski definition) is 3. The van der Waals surface area contributed by atoms with Crippen molar-refractivity contribution in [2.24, 2.45) is 11.8 Å². The number of carbonyl (C=O) groups is 3. The van der Waals surface area contributed by atoms with Crippen LogP contribution in [-0.2, 0) is 9.59 Å². The average molecular weight is 299 g/mol. The number of carboxylic acid groups (broad SMARTS) is 1. The molecule has 0 bridgehead atoms. The number of aliphatic carboxylic acids is 1. The van der Waals surface area contributed by atoms with Crippen LogP contribution in [0.2, 0.25) is 0 Å². The molecule has 3 amide bonds. The number of carbonyl (C=O) groups excluding carboxylic acids is 2. The minimum Gasteiger partial charge on any atom is -0.481 e. The average Bonchev–Trinajstić information content (AvgIpc) is 2.42. The van der Waals surface area contributed by atoms with E-state index in [1.54, 1.807) is 0 Å². The molecule has 1 saturated heterocycles. The zero-order valence-corrected chi connectivity index (χ0v) is 12.9. The SMILES string of the molecule is CCC1C(=O)NCCN1C(=O)NCC(CC(C)C)C(=O)O. The molecule has 0 aromatic rings. The lowest BCUT2D eigenvalue weighted by atomic mass is 9.97. The molecule has 0 radical (unpaired) electrons. The quantitative estimate of drug-likeness (QED) is 0.670. The van der Waals surface area contributed by atoms with Gasteiger partial charge in [-0.1, -0.05) is 20.8 Å². The molecule has 0 saturated carbocycles. The molecule has 120 valence electrons. The van der Waals surface area contributed by atoms with Crippen LogP contribution in [0.25, 0.3) is 0 Å². The molecule has 1 rings (SSSR count). The van der Waals surface area contributed by atoms with Gasteiger partial charge in [0.15, 0.2) is 0 Å². The van der Waals surface area contributed by atoms with Crippen LogP contribution in [0.1, 0.15) is 33.6 Å². The summed E-state index contributed by atoms with van der Waals surface area (Å²) in [6.45, 7) is 6.68. The Labute approximate surface area is 125 Å². The van der Waals surface area contributed by atoms with E-state index in [-0.39, 0.29) is 24.4 Å². The summed E-state index contributed by atoms with van der Waals surface area (Å²) in [7, 11) is 0. The van der Waals surface area contributed by atoms with Crippen molar-refractivity contribution in [3.05, 3.63) is 0 Å². The molecule has 0 aliphatic carbocycles. The second-order valence-electron chi connectivity index (χ2n) is 5.76. The number of carboxylic acids is 1. The number of nitrogens with zero attached hydrogens (tertiary/aromatic N) is 1. The van der Waals surface area contributed by atoms with Crippen LogP contribution in [0.4, 0.5) is 4.79 Å². The van der Waals surface area contributed by atoms with E-state index in [1.165, 1.54) is 4.90 Å². The van der Waals surface area contributed by atoms with Crippen LogP contribution >= 0.6 is 0 Å². The van der Waals surface area contributed by atoms with Gasteiger partial charge in [-0.2, -0.15) is 0 Å². The van der Waals surface area contributed by atoms with E-state index in [4.69, 9.17) is 5.11 Å². The molecule has 1 fully saturated rings. The molecular formula is C14H25N3O4. The number of piperazine rings is 1. The fourth-order valence-electron chi connectivity index (χ4n) is 2.52. The van der Waals surface area contributed by atoms with Crippen molar-refractivity contribution in [1.82, 2.24) is 15.5 Å². The van der Waals surface area contributed by atoms with Crippen LogP contribution in [0, 0.1) is 11.8 Å². The third kappa shape index (κ3) is 4.91. The molecule has 0 spiro atoms. The summed E-state index contributed by atoms with van der Waals surface area (Å²) in [6, 6.07) is -0.848. The van der Waals surface area contributed by atoms with Gasteiger partial charge in [-0.25, -0.2) is 4.79 Å². The van der Waals surface area contributed by atoms with Crippen LogP contribution in [0.15, 0.2) is 0 Å². The maximum Gasteiger partial charge on any atom is 0.318 e. The largest absolute Gasteiger partial charge is 0.481 e. The highest BCUT2D eigenvalue weighted by Gasteiger charge is 2.32. The van der Waals surface area contributed by atoms with Crippen molar-refractivity contribution < 1.29 is 19.5 Å². The molecule has 1 aliphatic rings. The molecule has 0 aromatic heterocycles. The molecule has 2 atom stereocenters. The lowest BCUT2D eigenvalue weighted by molar-refractivity contribution is -0.142. The van der Waals surface area contributed by atoms with Gasteiger partial charge < -0.3 is 20.6 Å². The summed E-state index contributed by atoms with van der Waals surface area (Å²) < 4.78 is 0. The Morgan fingerprint density at radius 1 is 1.48 bits per heavy atom. The number of hydrogen-bond acceptors (Lipinski definition) is 3. The third-order valence-electron chi connectivity index (χ3n) is 3.58. The van der Waals surface area contributed by atoms with E-state index >= 15 is 0 Å². The standard InChI is InChI=1S/C14H25N3O4/c1-4-11-12(18)15-5-6-17(11)14(21)16-8-10(13(19)20)7-9(2)3/h9-11H,4-8H2,1-3H3,(H,15,18)(H,16,21)(H,19,20). The van der Waals surface area contributed by atoms with Crippen molar-refractivity contribution in [2.75, 3.05) is 19.6 Å². The van der Waals surface area contributed by atoms with Gasteiger partial charge in [-0.05, 0) is 18.8 Å². The predicted octanol–water partition coefficient (Wildman–Crippen LogP) is 0.653. The minimum atomic E-state index is -0.910. The number of nitrogens with one attached hydrogen (secondary N) is 2. The van der Waals surface area contributed by atoms with E-state index in [2.05, 4.69) is 10.6 Å². The zero-order valence-electron chi connectivity index (χ0n) is 12.9. The smallest absolute Gasteiger partial charge is 0.318 e. The molecule has 7 heteroatoms. The van der Waals surface area contributed by atoms with Gasteiger partial charge in [0.2, 0.25) is 5.91 Å². The van der Waals surface area contributed by atoms with Gasteiger partial charge in [0.1, 0.15) is 6.04 Å². The highest BCUT2D eigenvalue weighted by molar-refractivity contribution is 5.88. The maximum atomic E-state index is 12.2. The first-order valence-electron chi connectivity index (χ1n) is 7.41. The van der Waals surface area contributed by atoms with Crippen LogP contribution in [0.3, 0.4) is 0 Å². The summed E-state index contributed by atoms with van der Waals surface area (Å²) in [5.41, 5.74) is 0. The van der Waals surface area contributed by atoms with E-state index in [0.29, 0.717) is 25.9 Å². The number of rotatable bonds is 6. The first-order valence-corrected chi connectivity index (χ1v) is 7.41. The van der Waals surface area contributed by atoms with Gasteiger partial charge in [-0.3, -0.25) is 9.59 Å². The summed E-state index contributed by atoms with van der Waals surface area (Å²) in [5.74, 6) is -1.43. The van der Waals surface area contributed by atoms with Crippen LogP contribution < -0.4 is 10.6 Å². The fourth-order valence-corrected chi connectivity index (χ4v) is 2.52. The topological polar surface area (TPSA) is 98.7 Å².